The Morgan fingerprint density at radius 2 is 1.36 bits per heavy atom. The molecule has 0 saturated carbocycles. The summed E-state index contributed by atoms with van der Waals surface area (Å²) in [5, 5.41) is 16.1. The summed E-state index contributed by atoms with van der Waals surface area (Å²) >= 11 is 0. The minimum Gasteiger partial charge on any atom is -0.480 e. The first-order valence-electron chi connectivity index (χ1n) is 12.2. The first-order valence-corrected chi connectivity index (χ1v) is 12.2. The molecule has 1 fully saturated rings. The summed E-state index contributed by atoms with van der Waals surface area (Å²) in [4.78, 5) is 96.3. The zero-order chi connectivity index (χ0) is 29.7. The molecular formula is C22H36N8O9. The zero-order valence-corrected chi connectivity index (χ0v) is 21.4. The zero-order valence-electron chi connectivity index (χ0n) is 21.4. The van der Waals surface area contributed by atoms with Crippen molar-refractivity contribution >= 4 is 47.3 Å². The van der Waals surface area contributed by atoms with Crippen LogP contribution < -0.4 is 38.9 Å². The average molecular weight is 557 g/mol. The van der Waals surface area contributed by atoms with Crippen LogP contribution in [-0.2, 0) is 38.4 Å². The van der Waals surface area contributed by atoms with Crippen molar-refractivity contribution in [1.29, 1.82) is 0 Å². The Morgan fingerprint density at radius 3 is 1.90 bits per heavy atom. The van der Waals surface area contributed by atoms with Crippen molar-refractivity contribution in [2.45, 2.75) is 75.5 Å². The number of nitrogens with one attached hydrogen (secondary N) is 3. The molecule has 12 N–H and O–H groups in total. The van der Waals surface area contributed by atoms with E-state index in [2.05, 4.69) is 16.0 Å². The standard InChI is InChI=1S/C22H36N8O9/c23-11(3-6-15(24)31)19(35)29-12(4-7-16(25)32)21(37)30-9-1-2-14(30)20(36)27-10-18(34)28-13(22(38)39)5-8-17(26)33/h11-14H,1-10,23H2,(H2,24,31)(H2,25,32)(H2,26,33)(H,27,36)(H,28,34)(H,29,35)(H,38,39)/t11-,12-,13-,14-/m0/s1. The number of likely N-dealkylation sites (tertiary alicyclic amines) is 1. The van der Waals surface area contributed by atoms with Crippen molar-refractivity contribution < 1.29 is 43.5 Å². The maximum atomic E-state index is 13.3. The number of nitrogens with zero attached hydrogens (tertiary/aromatic N) is 1. The number of nitrogens with two attached hydrogens (primary N) is 4. The molecule has 218 valence electrons. The fourth-order valence-electron chi connectivity index (χ4n) is 3.83. The maximum Gasteiger partial charge on any atom is 0.326 e. The van der Waals surface area contributed by atoms with Crippen molar-refractivity contribution in [2.75, 3.05) is 13.1 Å². The third kappa shape index (κ3) is 11.8. The summed E-state index contributed by atoms with van der Waals surface area (Å²) in [6.45, 7) is -0.456. The number of hydrogen-bond donors (Lipinski definition) is 8. The summed E-state index contributed by atoms with van der Waals surface area (Å²) in [6.07, 6.45) is -0.486. The molecule has 4 atom stereocenters. The van der Waals surface area contributed by atoms with E-state index in [1.165, 1.54) is 4.90 Å². The molecule has 1 saturated heterocycles. The Labute approximate surface area is 223 Å². The summed E-state index contributed by atoms with van der Waals surface area (Å²) in [7, 11) is 0. The second kappa shape index (κ2) is 15.9. The highest BCUT2D eigenvalue weighted by Gasteiger charge is 2.38. The van der Waals surface area contributed by atoms with Crippen LogP contribution in [0.5, 0.6) is 0 Å². The lowest BCUT2D eigenvalue weighted by molar-refractivity contribution is -0.143. The van der Waals surface area contributed by atoms with E-state index in [0.29, 0.717) is 6.42 Å². The molecule has 39 heavy (non-hydrogen) atoms. The highest BCUT2D eigenvalue weighted by molar-refractivity contribution is 5.95. The Morgan fingerprint density at radius 1 is 0.821 bits per heavy atom. The molecule has 7 amide bonds. The van der Waals surface area contributed by atoms with Crippen molar-refractivity contribution in [3.05, 3.63) is 0 Å². The van der Waals surface area contributed by atoms with Crippen LogP contribution in [0, 0.1) is 0 Å². The lowest BCUT2D eigenvalue weighted by Crippen LogP contribution is -2.56. The number of carbonyl (C=O) groups is 8. The van der Waals surface area contributed by atoms with Gasteiger partial charge >= 0.3 is 5.97 Å². The summed E-state index contributed by atoms with van der Waals surface area (Å²) in [5.41, 5.74) is 21.0. The minimum absolute atomic E-state index is 0.0695. The number of amides is 7. The molecule has 0 aromatic rings. The number of carboxylic acids is 1. The molecule has 0 spiro atoms. The van der Waals surface area contributed by atoms with Crippen LogP contribution in [0.2, 0.25) is 0 Å². The van der Waals surface area contributed by atoms with Gasteiger partial charge in [0.1, 0.15) is 18.1 Å². The van der Waals surface area contributed by atoms with Gasteiger partial charge in [0.05, 0.1) is 12.6 Å². The van der Waals surface area contributed by atoms with Crippen molar-refractivity contribution in [3.63, 3.8) is 0 Å². The van der Waals surface area contributed by atoms with Crippen LogP contribution in [-0.4, -0.2) is 94.6 Å². The molecule has 1 heterocycles. The highest BCUT2D eigenvalue weighted by Crippen LogP contribution is 2.20. The van der Waals surface area contributed by atoms with Crippen LogP contribution in [0.4, 0.5) is 0 Å². The first-order chi connectivity index (χ1) is 18.2. The maximum absolute atomic E-state index is 13.3. The van der Waals surface area contributed by atoms with E-state index in [9.17, 15) is 43.5 Å². The number of carboxylic acid groups (broad SMARTS) is 1. The van der Waals surface area contributed by atoms with Crippen LogP contribution in [0.15, 0.2) is 0 Å². The molecule has 0 bridgehead atoms. The van der Waals surface area contributed by atoms with Crippen molar-refractivity contribution in [1.82, 2.24) is 20.9 Å². The number of carbonyl (C=O) groups excluding carboxylic acids is 7. The van der Waals surface area contributed by atoms with Gasteiger partial charge in [0.25, 0.3) is 0 Å². The minimum atomic E-state index is -1.39. The monoisotopic (exact) mass is 556 g/mol. The normalized spacial score (nSPS) is 16.8. The average Bonchev–Trinajstić information content (AvgIpc) is 3.35. The number of hydrogen-bond acceptors (Lipinski definition) is 9. The Kier molecular flexibility index (Phi) is 13.3. The van der Waals surface area contributed by atoms with E-state index < -0.39 is 78.0 Å². The molecule has 0 unspecified atom stereocenters. The van der Waals surface area contributed by atoms with Gasteiger partial charge in [0.2, 0.25) is 41.4 Å². The molecule has 0 radical (unpaired) electrons. The largest absolute Gasteiger partial charge is 0.480 e. The summed E-state index contributed by atoms with van der Waals surface area (Å²) in [6, 6.07) is -4.81. The molecule has 1 aliphatic heterocycles. The van der Waals surface area contributed by atoms with Crippen LogP contribution in [0.3, 0.4) is 0 Å². The lowest BCUT2D eigenvalue weighted by atomic mass is 10.1. The van der Waals surface area contributed by atoms with Gasteiger partial charge in [-0.15, -0.1) is 0 Å². The van der Waals surface area contributed by atoms with Crippen LogP contribution in [0.25, 0.3) is 0 Å². The third-order valence-electron chi connectivity index (χ3n) is 5.91. The Bertz CT molecular complexity index is 973. The number of aliphatic carboxylic acids is 1. The quantitative estimate of drug-likeness (QED) is 0.0845. The third-order valence-corrected chi connectivity index (χ3v) is 5.91. The van der Waals surface area contributed by atoms with Gasteiger partial charge in [-0.1, -0.05) is 0 Å². The highest BCUT2D eigenvalue weighted by atomic mass is 16.4. The van der Waals surface area contributed by atoms with E-state index in [-0.39, 0.29) is 51.5 Å². The summed E-state index contributed by atoms with van der Waals surface area (Å²) in [5.74, 6) is -6.49. The number of rotatable bonds is 17. The van der Waals surface area contributed by atoms with Gasteiger partial charge < -0.3 is 48.9 Å². The van der Waals surface area contributed by atoms with E-state index >= 15 is 0 Å². The van der Waals surface area contributed by atoms with Gasteiger partial charge in [-0.05, 0) is 32.1 Å². The molecule has 0 aromatic heterocycles. The lowest BCUT2D eigenvalue weighted by Gasteiger charge is -2.29. The van der Waals surface area contributed by atoms with Gasteiger partial charge in [-0.3, -0.25) is 33.6 Å². The fraction of sp³-hybridized carbons (Fsp3) is 0.636. The molecule has 17 nitrogen and oxygen atoms in total. The second-order valence-corrected chi connectivity index (χ2v) is 9.05. The fourth-order valence-corrected chi connectivity index (χ4v) is 3.83. The van der Waals surface area contributed by atoms with Crippen LogP contribution >= 0.6 is 0 Å². The molecular weight excluding hydrogens is 520 g/mol. The number of primary amides is 3. The SMILES string of the molecule is NC(=O)CC[C@H](NC(=O)CNC(=O)[C@@H]1CCCN1C(=O)[C@H](CCC(N)=O)NC(=O)[C@@H](N)CCC(N)=O)C(=O)O. The van der Waals surface area contributed by atoms with E-state index in [1.807, 2.05) is 0 Å². The molecule has 1 aliphatic rings. The summed E-state index contributed by atoms with van der Waals surface area (Å²) < 4.78 is 0. The van der Waals surface area contributed by atoms with Crippen LogP contribution in [0.1, 0.15) is 51.4 Å². The Hall–Kier alpha value is -4.28. The molecule has 0 aliphatic carbocycles. The predicted molar refractivity (Wildman–Crippen MR) is 133 cm³/mol. The first kappa shape index (κ1) is 32.7. The van der Waals surface area contributed by atoms with E-state index in [1.54, 1.807) is 0 Å². The molecule has 0 aromatic carbocycles. The van der Waals surface area contributed by atoms with Gasteiger partial charge in [-0.25, -0.2) is 4.79 Å². The van der Waals surface area contributed by atoms with E-state index in [0.717, 1.165) is 0 Å². The van der Waals surface area contributed by atoms with Gasteiger partial charge in [0, 0.05) is 25.8 Å². The van der Waals surface area contributed by atoms with Crippen molar-refractivity contribution in [3.8, 4) is 0 Å². The Balaban J connectivity index is 2.82. The molecule has 17 heteroatoms. The molecule has 1 rings (SSSR count). The van der Waals surface area contributed by atoms with Gasteiger partial charge in [-0.2, -0.15) is 0 Å². The predicted octanol–water partition coefficient (Wildman–Crippen LogP) is -4.73. The van der Waals surface area contributed by atoms with Crippen molar-refractivity contribution in [2.24, 2.45) is 22.9 Å². The second-order valence-electron chi connectivity index (χ2n) is 9.05. The topological polar surface area (TPSA) is 300 Å². The van der Waals surface area contributed by atoms with E-state index in [4.69, 9.17) is 22.9 Å². The van der Waals surface area contributed by atoms with Gasteiger partial charge in [0.15, 0.2) is 0 Å². The smallest absolute Gasteiger partial charge is 0.326 e.